The maximum Gasteiger partial charge on any atom is 0.279 e. The predicted octanol–water partition coefficient (Wildman–Crippen LogP) is 0.101. The molecule has 18 heavy (non-hydrogen) atoms. The average Bonchev–Trinajstić information content (AvgIpc) is 2.26. The third-order valence-corrected chi connectivity index (χ3v) is 3.95. The molecule has 0 rings (SSSR count). The molecule has 0 aromatic heterocycles. The molecule has 8 heteroatoms. The molecule has 0 saturated heterocycles. The van der Waals surface area contributed by atoms with Gasteiger partial charge in [0.15, 0.2) is 0 Å². The van der Waals surface area contributed by atoms with Gasteiger partial charge in [0.2, 0.25) is 0 Å². The van der Waals surface area contributed by atoms with Crippen molar-refractivity contribution < 1.29 is 13.2 Å². The lowest BCUT2D eigenvalue weighted by molar-refractivity contribution is 0.179. The molecule has 0 aliphatic carbocycles. The summed E-state index contributed by atoms with van der Waals surface area (Å²) in [5.41, 5.74) is 5.39. The molecule has 0 bridgehead atoms. The first-order valence-electron chi connectivity index (χ1n) is 5.81. The Morgan fingerprint density at radius 1 is 1.44 bits per heavy atom. The maximum atomic E-state index is 12.0. The van der Waals surface area contributed by atoms with Gasteiger partial charge in [0.25, 0.3) is 10.2 Å². The number of nitrogens with one attached hydrogen (secondary N) is 1. The van der Waals surface area contributed by atoms with Gasteiger partial charge in [-0.3, -0.25) is 0 Å². The summed E-state index contributed by atoms with van der Waals surface area (Å²) >= 11 is 4.76. The Labute approximate surface area is 115 Å². The van der Waals surface area contributed by atoms with Crippen molar-refractivity contribution in [3.63, 3.8) is 0 Å². The fraction of sp³-hybridized carbons (Fsp3) is 0.900. The first-order chi connectivity index (χ1) is 8.29. The van der Waals surface area contributed by atoms with Gasteiger partial charge in [-0.05, 0) is 5.92 Å². The lowest BCUT2D eigenvalue weighted by atomic mass is 10.2. The minimum Gasteiger partial charge on any atom is -0.393 e. The van der Waals surface area contributed by atoms with Gasteiger partial charge < -0.3 is 10.5 Å². The molecule has 0 atom stereocenters. The van der Waals surface area contributed by atoms with Crippen LogP contribution in [0, 0.1) is 5.92 Å². The molecule has 0 saturated carbocycles. The Kier molecular flexibility index (Phi) is 8.62. The van der Waals surface area contributed by atoms with Crippen LogP contribution in [0.3, 0.4) is 0 Å². The zero-order chi connectivity index (χ0) is 14.2. The third-order valence-electron chi connectivity index (χ3n) is 2.17. The summed E-state index contributed by atoms with van der Waals surface area (Å²) in [6.45, 7) is 5.17. The van der Waals surface area contributed by atoms with Gasteiger partial charge in [0.1, 0.15) is 0 Å². The van der Waals surface area contributed by atoms with E-state index >= 15 is 0 Å². The van der Waals surface area contributed by atoms with E-state index in [-0.39, 0.29) is 19.0 Å². The van der Waals surface area contributed by atoms with E-state index in [2.05, 4.69) is 4.72 Å². The molecule has 0 aromatic carbocycles. The molecule has 0 fully saturated rings. The summed E-state index contributed by atoms with van der Waals surface area (Å²) in [4.78, 5) is 0.302. The van der Waals surface area contributed by atoms with E-state index in [1.165, 1.54) is 11.4 Å². The van der Waals surface area contributed by atoms with Gasteiger partial charge in [-0.1, -0.05) is 26.1 Å². The summed E-state index contributed by atoms with van der Waals surface area (Å²) < 4.78 is 32.8. The van der Waals surface area contributed by atoms with Crippen LogP contribution in [0.2, 0.25) is 0 Å². The molecular weight excluding hydrogens is 274 g/mol. The third kappa shape index (κ3) is 7.93. The van der Waals surface area contributed by atoms with Crippen LogP contribution in [-0.4, -0.2) is 51.1 Å². The number of thiocarbonyl (C=S) groups is 1. The highest BCUT2D eigenvalue weighted by molar-refractivity contribution is 7.87. The van der Waals surface area contributed by atoms with Crippen molar-refractivity contribution in [2.24, 2.45) is 11.7 Å². The fourth-order valence-electron chi connectivity index (χ4n) is 1.14. The summed E-state index contributed by atoms with van der Waals surface area (Å²) in [6, 6.07) is 0. The quantitative estimate of drug-likeness (QED) is 0.559. The Balaban J connectivity index is 4.54. The first kappa shape index (κ1) is 17.7. The van der Waals surface area contributed by atoms with E-state index < -0.39 is 10.2 Å². The van der Waals surface area contributed by atoms with Crippen LogP contribution >= 0.6 is 12.2 Å². The fourth-order valence-corrected chi connectivity index (χ4v) is 2.61. The molecular formula is C10H23N3O3S2. The zero-order valence-electron chi connectivity index (χ0n) is 11.2. The van der Waals surface area contributed by atoms with Crippen LogP contribution in [0.25, 0.3) is 0 Å². The number of methoxy groups -OCH3 is 1. The second-order valence-corrected chi connectivity index (χ2v) is 6.64. The van der Waals surface area contributed by atoms with Gasteiger partial charge in [0.05, 0.1) is 11.6 Å². The lowest BCUT2D eigenvalue weighted by Crippen LogP contribution is -2.44. The van der Waals surface area contributed by atoms with Gasteiger partial charge >= 0.3 is 0 Å². The Hall–Kier alpha value is -0.280. The number of hydrogen-bond donors (Lipinski definition) is 2. The SMILES string of the molecule is COCCN(CCC(N)=S)S(=O)(=O)NCC(C)C. The summed E-state index contributed by atoms with van der Waals surface area (Å²) in [5, 5.41) is 0. The van der Waals surface area contributed by atoms with Gasteiger partial charge in [0, 0.05) is 33.2 Å². The topological polar surface area (TPSA) is 84.7 Å². The van der Waals surface area contributed by atoms with Crippen molar-refractivity contribution in [1.29, 1.82) is 0 Å². The molecule has 0 aliphatic heterocycles. The highest BCUT2D eigenvalue weighted by atomic mass is 32.2. The van der Waals surface area contributed by atoms with Crippen LogP contribution in [0.15, 0.2) is 0 Å². The van der Waals surface area contributed by atoms with Crippen molar-refractivity contribution in [3.8, 4) is 0 Å². The molecule has 0 spiro atoms. The zero-order valence-corrected chi connectivity index (χ0v) is 12.8. The summed E-state index contributed by atoms with van der Waals surface area (Å²) in [7, 11) is -1.97. The Morgan fingerprint density at radius 2 is 2.06 bits per heavy atom. The number of nitrogens with zero attached hydrogens (tertiary/aromatic N) is 1. The van der Waals surface area contributed by atoms with Crippen molar-refractivity contribution in [2.45, 2.75) is 20.3 Å². The number of nitrogens with two attached hydrogens (primary N) is 1. The Bertz CT molecular complexity index is 344. The summed E-state index contributed by atoms with van der Waals surface area (Å²) in [6.07, 6.45) is 0.363. The summed E-state index contributed by atoms with van der Waals surface area (Å²) in [5.74, 6) is 0.250. The highest BCUT2D eigenvalue weighted by Gasteiger charge is 2.21. The second-order valence-electron chi connectivity index (χ2n) is 4.36. The standard InChI is InChI=1S/C10H23N3O3S2/c1-9(2)8-12-18(14,15)13(6-7-16-3)5-4-10(11)17/h9,12H,4-8H2,1-3H3,(H2,11,17). The van der Waals surface area contributed by atoms with E-state index in [0.29, 0.717) is 24.6 Å². The molecule has 0 amide bonds. The van der Waals surface area contributed by atoms with Crippen LogP contribution in [0.4, 0.5) is 0 Å². The van der Waals surface area contributed by atoms with Crippen LogP contribution in [0.5, 0.6) is 0 Å². The lowest BCUT2D eigenvalue weighted by Gasteiger charge is -2.22. The van der Waals surface area contributed by atoms with E-state index in [1.807, 2.05) is 13.8 Å². The van der Waals surface area contributed by atoms with E-state index in [1.54, 1.807) is 0 Å². The van der Waals surface area contributed by atoms with Crippen molar-refractivity contribution in [3.05, 3.63) is 0 Å². The number of rotatable bonds is 10. The minimum absolute atomic E-state index is 0.250. The normalized spacial score (nSPS) is 12.3. The van der Waals surface area contributed by atoms with E-state index in [9.17, 15) is 8.42 Å². The monoisotopic (exact) mass is 297 g/mol. The molecule has 3 N–H and O–H groups in total. The van der Waals surface area contributed by atoms with Gasteiger partial charge in [-0.15, -0.1) is 0 Å². The van der Waals surface area contributed by atoms with Crippen LogP contribution in [0.1, 0.15) is 20.3 Å². The van der Waals surface area contributed by atoms with Crippen molar-refractivity contribution in [2.75, 3.05) is 33.4 Å². The molecule has 0 unspecified atom stereocenters. The smallest absolute Gasteiger partial charge is 0.279 e. The largest absolute Gasteiger partial charge is 0.393 e. The molecule has 0 heterocycles. The van der Waals surface area contributed by atoms with Gasteiger partial charge in [-0.2, -0.15) is 12.7 Å². The Morgan fingerprint density at radius 3 is 2.50 bits per heavy atom. The van der Waals surface area contributed by atoms with Crippen molar-refractivity contribution >= 4 is 27.4 Å². The van der Waals surface area contributed by atoms with Crippen LogP contribution < -0.4 is 10.5 Å². The second kappa shape index (κ2) is 8.76. The van der Waals surface area contributed by atoms with E-state index in [4.69, 9.17) is 22.7 Å². The minimum atomic E-state index is -3.50. The van der Waals surface area contributed by atoms with E-state index in [0.717, 1.165) is 0 Å². The molecule has 108 valence electrons. The molecule has 0 radical (unpaired) electrons. The van der Waals surface area contributed by atoms with Gasteiger partial charge in [-0.25, -0.2) is 4.72 Å². The number of hydrogen-bond acceptors (Lipinski definition) is 4. The molecule has 6 nitrogen and oxygen atoms in total. The molecule has 0 aromatic rings. The molecule has 0 aliphatic rings. The first-order valence-corrected chi connectivity index (χ1v) is 7.66. The number of ether oxygens (including phenoxy) is 1. The maximum absolute atomic E-state index is 12.0. The highest BCUT2D eigenvalue weighted by Crippen LogP contribution is 2.01. The van der Waals surface area contributed by atoms with Crippen LogP contribution in [-0.2, 0) is 14.9 Å². The van der Waals surface area contributed by atoms with Crippen molar-refractivity contribution in [1.82, 2.24) is 9.03 Å². The average molecular weight is 297 g/mol. The predicted molar refractivity (Wildman–Crippen MR) is 76.6 cm³/mol.